The lowest BCUT2D eigenvalue weighted by molar-refractivity contribution is 0.303. The molecule has 0 atom stereocenters. The van der Waals surface area contributed by atoms with Crippen molar-refractivity contribution in [3.63, 3.8) is 0 Å². The lowest BCUT2D eigenvalue weighted by atomic mass is 10.1. The Morgan fingerprint density at radius 1 is 1.18 bits per heavy atom. The molecule has 1 aromatic heterocycles. The third kappa shape index (κ3) is 2.39. The molecule has 3 rings (SSSR count). The molecule has 0 aliphatic heterocycles. The molecule has 0 spiro atoms. The zero-order valence-corrected chi connectivity index (χ0v) is 9.89. The number of benzene rings is 1. The molecule has 4 heteroatoms. The summed E-state index contributed by atoms with van der Waals surface area (Å²) in [5.41, 5.74) is 1.62. The van der Waals surface area contributed by atoms with Gasteiger partial charge in [0.2, 0.25) is 0 Å². The molecule has 1 heterocycles. The summed E-state index contributed by atoms with van der Waals surface area (Å²) in [5, 5.41) is 0.413. The fourth-order valence-corrected chi connectivity index (χ4v) is 1.82. The van der Waals surface area contributed by atoms with Gasteiger partial charge in [-0.15, -0.1) is 0 Å². The van der Waals surface area contributed by atoms with Crippen molar-refractivity contribution in [3.8, 4) is 17.0 Å². The predicted octanol–water partition coefficient (Wildman–Crippen LogP) is 3.34. The predicted molar refractivity (Wildman–Crippen MR) is 66.1 cm³/mol. The molecule has 1 saturated carbocycles. The molecule has 0 amide bonds. The Balaban J connectivity index is 1.94. The van der Waals surface area contributed by atoms with Crippen LogP contribution < -0.4 is 4.74 Å². The van der Waals surface area contributed by atoms with Crippen molar-refractivity contribution >= 4 is 11.6 Å². The molecule has 1 fully saturated rings. The van der Waals surface area contributed by atoms with Gasteiger partial charge in [-0.2, -0.15) is 0 Å². The van der Waals surface area contributed by atoms with Crippen LogP contribution in [0.2, 0.25) is 5.15 Å². The van der Waals surface area contributed by atoms with Crippen molar-refractivity contribution in [3.05, 3.63) is 41.8 Å². The third-order valence-electron chi connectivity index (χ3n) is 2.59. The van der Waals surface area contributed by atoms with E-state index in [0.29, 0.717) is 17.0 Å². The summed E-state index contributed by atoms with van der Waals surface area (Å²) in [6.45, 7) is 0. The Bertz CT molecular complexity index is 540. The molecule has 86 valence electrons. The van der Waals surface area contributed by atoms with Crippen LogP contribution in [0.5, 0.6) is 5.75 Å². The zero-order chi connectivity index (χ0) is 11.7. The number of aromatic nitrogens is 2. The summed E-state index contributed by atoms with van der Waals surface area (Å²) in [6, 6.07) is 7.80. The van der Waals surface area contributed by atoms with E-state index in [1.54, 1.807) is 12.4 Å². The summed E-state index contributed by atoms with van der Waals surface area (Å²) in [5.74, 6) is 0.867. The summed E-state index contributed by atoms with van der Waals surface area (Å²) in [6.07, 6.45) is 5.90. The normalized spacial score (nSPS) is 14.6. The quantitative estimate of drug-likeness (QED) is 0.833. The molecule has 0 radical (unpaired) electrons. The summed E-state index contributed by atoms with van der Waals surface area (Å²) in [7, 11) is 0. The van der Waals surface area contributed by atoms with E-state index < -0.39 is 0 Å². The van der Waals surface area contributed by atoms with Gasteiger partial charge < -0.3 is 4.74 Å². The van der Waals surface area contributed by atoms with E-state index >= 15 is 0 Å². The minimum atomic E-state index is 0.391. The maximum atomic E-state index is 6.01. The van der Waals surface area contributed by atoms with Crippen LogP contribution in [-0.4, -0.2) is 16.1 Å². The highest BCUT2D eigenvalue weighted by molar-refractivity contribution is 6.31. The fourth-order valence-electron chi connectivity index (χ4n) is 1.61. The maximum absolute atomic E-state index is 6.01. The van der Waals surface area contributed by atoms with Crippen LogP contribution in [0.1, 0.15) is 12.8 Å². The van der Waals surface area contributed by atoms with Gasteiger partial charge in [0.05, 0.1) is 6.10 Å². The molecule has 2 aromatic rings. The van der Waals surface area contributed by atoms with Crippen molar-refractivity contribution in [1.82, 2.24) is 9.97 Å². The van der Waals surface area contributed by atoms with Gasteiger partial charge in [-0.3, -0.25) is 4.98 Å². The van der Waals surface area contributed by atoms with Crippen molar-refractivity contribution in [1.29, 1.82) is 0 Å². The molecule has 0 N–H and O–H groups in total. The second-order valence-corrected chi connectivity index (χ2v) is 4.40. The van der Waals surface area contributed by atoms with Crippen molar-refractivity contribution < 1.29 is 4.74 Å². The molecule has 0 bridgehead atoms. The monoisotopic (exact) mass is 246 g/mol. The second-order valence-electron chi connectivity index (χ2n) is 4.04. The molecular formula is C13H11ClN2O. The first-order valence-electron chi connectivity index (χ1n) is 5.56. The first-order chi connectivity index (χ1) is 8.33. The molecule has 1 aliphatic carbocycles. The maximum Gasteiger partial charge on any atom is 0.155 e. The van der Waals surface area contributed by atoms with Crippen LogP contribution in [0.3, 0.4) is 0 Å². The van der Waals surface area contributed by atoms with Gasteiger partial charge in [0.25, 0.3) is 0 Å². The Kier molecular flexibility index (Phi) is 2.69. The molecule has 1 aliphatic rings. The van der Waals surface area contributed by atoms with Gasteiger partial charge in [-0.1, -0.05) is 23.7 Å². The van der Waals surface area contributed by atoms with E-state index in [-0.39, 0.29) is 0 Å². The Morgan fingerprint density at radius 2 is 2.00 bits per heavy atom. The van der Waals surface area contributed by atoms with Crippen molar-refractivity contribution in [2.45, 2.75) is 18.9 Å². The standard InChI is InChI=1S/C13H11ClN2O/c14-13-12(15-6-7-16-13)9-2-1-3-11(8-9)17-10-4-5-10/h1-3,6-8,10H,4-5H2. The van der Waals surface area contributed by atoms with Gasteiger partial charge in [0.1, 0.15) is 11.4 Å². The van der Waals surface area contributed by atoms with E-state index in [1.807, 2.05) is 24.3 Å². The molecule has 0 saturated heterocycles. The highest BCUT2D eigenvalue weighted by atomic mass is 35.5. The first kappa shape index (κ1) is 10.5. The number of halogens is 1. The minimum Gasteiger partial charge on any atom is -0.490 e. The van der Waals surface area contributed by atoms with E-state index in [0.717, 1.165) is 24.2 Å². The Labute approximate surface area is 104 Å². The summed E-state index contributed by atoms with van der Waals surface area (Å²) >= 11 is 6.01. The summed E-state index contributed by atoms with van der Waals surface area (Å²) in [4.78, 5) is 8.25. The molecule has 0 unspecified atom stereocenters. The van der Waals surface area contributed by atoms with Gasteiger partial charge >= 0.3 is 0 Å². The lowest BCUT2D eigenvalue weighted by Crippen LogP contribution is -1.96. The largest absolute Gasteiger partial charge is 0.490 e. The van der Waals surface area contributed by atoms with Crippen LogP contribution in [0.25, 0.3) is 11.3 Å². The number of ether oxygens (including phenoxy) is 1. The smallest absolute Gasteiger partial charge is 0.155 e. The Hall–Kier alpha value is -1.61. The fraction of sp³-hybridized carbons (Fsp3) is 0.231. The number of nitrogens with zero attached hydrogens (tertiary/aromatic N) is 2. The number of hydrogen-bond donors (Lipinski definition) is 0. The van der Waals surface area contributed by atoms with E-state index in [1.165, 1.54) is 0 Å². The van der Waals surface area contributed by atoms with E-state index in [9.17, 15) is 0 Å². The van der Waals surface area contributed by atoms with Gasteiger partial charge in [-0.25, -0.2) is 4.98 Å². The molecular weight excluding hydrogens is 236 g/mol. The van der Waals surface area contributed by atoms with Crippen LogP contribution in [-0.2, 0) is 0 Å². The van der Waals surface area contributed by atoms with Gasteiger partial charge in [-0.05, 0) is 25.0 Å². The van der Waals surface area contributed by atoms with Crippen LogP contribution >= 0.6 is 11.6 Å². The molecule has 1 aromatic carbocycles. The first-order valence-corrected chi connectivity index (χ1v) is 5.94. The summed E-state index contributed by atoms with van der Waals surface area (Å²) < 4.78 is 5.74. The highest BCUT2D eigenvalue weighted by Crippen LogP contribution is 2.30. The SMILES string of the molecule is Clc1nccnc1-c1cccc(OC2CC2)c1. The third-order valence-corrected chi connectivity index (χ3v) is 2.86. The Morgan fingerprint density at radius 3 is 2.76 bits per heavy atom. The average Bonchev–Trinajstić information content (AvgIpc) is 3.14. The van der Waals surface area contributed by atoms with Gasteiger partial charge in [0.15, 0.2) is 5.15 Å². The van der Waals surface area contributed by atoms with Crippen molar-refractivity contribution in [2.75, 3.05) is 0 Å². The van der Waals surface area contributed by atoms with Crippen LogP contribution in [0.15, 0.2) is 36.7 Å². The number of hydrogen-bond acceptors (Lipinski definition) is 3. The number of rotatable bonds is 3. The minimum absolute atomic E-state index is 0.391. The van der Waals surface area contributed by atoms with E-state index in [4.69, 9.17) is 16.3 Å². The van der Waals surface area contributed by atoms with Crippen LogP contribution in [0.4, 0.5) is 0 Å². The topological polar surface area (TPSA) is 35.0 Å². The van der Waals surface area contributed by atoms with Gasteiger partial charge in [0, 0.05) is 18.0 Å². The highest BCUT2D eigenvalue weighted by Gasteiger charge is 2.23. The second kappa shape index (κ2) is 4.34. The molecule has 17 heavy (non-hydrogen) atoms. The lowest BCUT2D eigenvalue weighted by Gasteiger charge is -2.07. The average molecular weight is 247 g/mol. The zero-order valence-electron chi connectivity index (χ0n) is 9.14. The van der Waals surface area contributed by atoms with Crippen LogP contribution in [0, 0.1) is 0 Å². The van der Waals surface area contributed by atoms with E-state index in [2.05, 4.69) is 9.97 Å². The molecule has 3 nitrogen and oxygen atoms in total. The van der Waals surface area contributed by atoms with Crippen molar-refractivity contribution in [2.24, 2.45) is 0 Å².